The number of thioether (sulfide) groups is 1. The van der Waals surface area contributed by atoms with Crippen molar-refractivity contribution in [3.8, 4) is 0 Å². The molecule has 0 spiro atoms. The smallest absolute Gasteiger partial charge is 0.266 e. The highest BCUT2D eigenvalue weighted by molar-refractivity contribution is 7.98. The lowest BCUT2D eigenvalue weighted by Crippen LogP contribution is -2.10. The lowest BCUT2D eigenvalue weighted by molar-refractivity contribution is 0.102. The summed E-state index contributed by atoms with van der Waals surface area (Å²) in [5, 5.41) is 6.66. The number of nitrogens with one attached hydrogen (secondary N) is 1. The summed E-state index contributed by atoms with van der Waals surface area (Å²) < 4.78 is 0. The first kappa shape index (κ1) is 18.6. The van der Waals surface area contributed by atoms with Gasteiger partial charge in [0.15, 0.2) is 0 Å². The lowest BCUT2D eigenvalue weighted by atomic mass is 10.2. The molecule has 1 aromatic heterocycles. The SMILES string of the molecule is O=C(Nc1ccc(Cl)cc1)c1sccc1SCc1c(Cl)cccc1Cl. The fourth-order valence-corrected chi connectivity index (χ4v) is 5.02. The highest BCUT2D eigenvalue weighted by Crippen LogP contribution is 2.35. The maximum absolute atomic E-state index is 12.5. The zero-order valence-corrected chi connectivity index (χ0v) is 16.7. The summed E-state index contributed by atoms with van der Waals surface area (Å²) >= 11 is 21.2. The zero-order valence-electron chi connectivity index (χ0n) is 12.8. The van der Waals surface area contributed by atoms with Crippen molar-refractivity contribution in [3.63, 3.8) is 0 Å². The van der Waals surface area contributed by atoms with Crippen molar-refractivity contribution in [2.24, 2.45) is 0 Å². The van der Waals surface area contributed by atoms with Gasteiger partial charge in [0.25, 0.3) is 5.91 Å². The largest absolute Gasteiger partial charge is 0.321 e. The first-order valence-corrected chi connectivity index (χ1v) is 10.2. The Kier molecular flexibility index (Phi) is 6.31. The molecule has 2 aromatic carbocycles. The Hall–Kier alpha value is -1.17. The molecule has 0 saturated heterocycles. The average molecular weight is 429 g/mol. The Morgan fingerprint density at radius 3 is 2.36 bits per heavy atom. The molecule has 0 aliphatic heterocycles. The molecule has 0 aliphatic carbocycles. The van der Waals surface area contributed by atoms with Gasteiger partial charge in [-0.3, -0.25) is 4.79 Å². The zero-order chi connectivity index (χ0) is 17.8. The summed E-state index contributed by atoms with van der Waals surface area (Å²) in [7, 11) is 0. The van der Waals surface area contributed by atoms with Crippen molar-refractivity contribution in [3.05, 3.63) is 79.4 Å². The molecule has 1 heterocycles. The number of thiophene rings is 1. The van der Waals surface area contributed by atoms with Crippen molar-refractivity contribution < 1.29 is 4.79 Å². The monoisotopic (exact) mass is 427 g/mol. The first-order chi connectivity index (χ1) is 12.0. The molecule has 1 N–H and O–H groups in total. The first-order valence-electron chi connectivity index (χ1n) is 7.24. The second kappa shape index (κ2) is 8.47. The van der Waals surface area contributed by atoms with Gasteiger partial charge in [-0.1, -0.05) is 40.9 Å². The molecule has 1 amide bonds. The molecule has 3 rings (SSSR count). The molecule has 128 valence electrons. The van der Waals surface area contributed by atoms with E-state index in [4.69, 9.17) is 34.8 Å². The second-order valence-electron chi connectivity index (χ2n) is 5.06. The Labute approximate surface area is 169 Å². The van der Waals surface area contributed by atoms with E-state index in [0.717, 1.165) is 10.5 Å². The van der Waals surface area contributed by atoms with Crippen molar-refractivity contribution in [1.29, 1.82) is 0 Å². The van der Waals surface area contributed by atoms with Crippen LogP contribution in [0, 0.1) is 0 Å². The average Bonchev–Trinajstić information content (AvgIpc) is 3.05. The third-order valence-electron chi connectivity index (χ3n) is 3.37. The van der Waals surface area contributed by atoms with Gasteiger partial charge < -0.3 is 5.32 Å². The number of anilines is 1. The summed E-state index contributed by atoms with van der Waals surface area (Å²) in [6, 6.07) is 14.4. The van der Waals surface area contributed by atoms with Crippen LogP contribution in [0.25, 0.3) is 0 Å². The number of carbonyl (C=O) groups excluding carboxylic acids is 1. The van der Waals surface area contributed by atoms with E-state index in [-0.39, 0.29) is 5.91 Å². The van der Waals surface area contributed by atoms with Crippen LogP contribution >= 0.6 is 57.9 Å². The van der Waals surface area contributed by atoms with Gasteiger partial charge in [-0.05, 0) is 53.4 Å². The molecule has 0 atom stereocenters. The maximum Gasteiger partial charge on any atom is 0.266 e. The van der Waals surface area contributed by atoms with Crippen molar-refractivity contribution in [2.45, 2.75) is 10.6 Å². The molecule has 0 unspecified atom stereocenters. The van der Waals surface area contributed by atoms with E-state index < -0.39 is 0 Å². The van der Waals surface area contributed by atoms with Gasteiger partial charge in [-0.25, -0.2) is 0 Å². The fourth-order valence-electron chi connectivity index (χ4n) is 2.12. The number of carbonyl (C=O) groups is 1. The summed E-state index contributed by atoms with van der Waals surface area (Å²) in [5.41, 5.74) is 1.57. The minimum atomic E-state index is -0.148. The number of amides is 1. The molecule has 0 saturated carbocycles. The Balaban J connectivity index is 1.72. The number of hydrogen-bond donors (Lipinski definition) is 1. The Morgan fingerprint density at radius 2 is 1.68 bits per heavy atom. The molecule has 0 fully saturated rings. The van der Waals surface area contributed by atoms with E-state index in [0.29, 0.717) is 31.4 Å². The van der Waals surface area contributed by atoms with E-state index in [1.54, 1.807) is 24.3 Å². The topological polar surface area (TPSA) is 29.1 Å². The van der Waals surface area contributed by atoms with Gasteiger partial charge in [0.1, 0.15) is 4.88 Å². The third kappa shape index (κ3) is 4.72. The molecule has 3 aromatic rings. The van der Waals surface area contributed by atoms with Crippen LogP contribution in [0.5, 0.6) is 0 Å². The van der Waals surface area contributed by atoms with Gasteiger partial charge in [0.05, 0.1) is 0 Å². The van der Waals surface area contributed by atoms with Crippen LogP contribution in [0.1, 0.15) is 15.2 Å². The summed E-state index contributed by atoms with van der Waals surface area (Å²) in [5.74, 6) is 0.446. The molecule has 0 radical (unpaired) electrons. The van der Waals surface area contributed by atoms with Crippen LogP contribution in [0.2, 0.25) is 15.1 Å². The molecule has 0 bridgehead atoms. The van der Waals surface area contributed by atoms with Gasteiger partial charge in [0.2, 0.25) is 0 Å². The van der Waals surface area contributed by atoms with Gasteiger partial charge in [0, 0.05) is 31.4 Å². The highest BCUT2D eigenvalue weighted by Gasteiger charge is 2.15. The molecule has 25 heavy (non-hydrogen) atoms. The number of rotatable bonds is 5. The van der Waals surface area contributed by atoms with Gasteiger partial charge in [-0.15, -0.1) is 23.1 Å². The summed E-state index contributed by atoms with van der Waals surface area (Å²) in [6.07, 6.45) is 0. The van der Waals surface area contributed by atoms with Crippen molar-refractivity contribution in [2.75, 3.05) is 5.32 Å². The third-order valence-corrected chi connectivity index (χ3v) is 6.46. The molecule has 0 aliphatic rings. The number of halogens is 3. The van der Waals surface area contributed by atoms with Crippen LogP contribution < -0.4 is 5.32 Å². The van der Waals surface area contributed by atoms with Crippen LogP contribution in [0.3, 0.4) is 0 Å². The van der Waals surface area contributed by atoms with Crippen LogP contribution in [-0.2, 0) is 5.75 Å². The van der Waals surface area contributed by atoms with E-state index >= 15 is 0 Å². The highest BCUT2D eigenvalue weighted by atomic mass is 35.5. The Morgan fingerprint density at radius 1 is 1.00 bits per heavy atom. The van der Waals surface area contributed by atoms with Gasteiger partial charge >= 0.3 is 0 Å². The molecule has 7 heteroatoms. The van der Waals surface area contributed by atoms with E-state index in [2.05, 4.69) is 5.32 Å². The van der Waals surface area contributed by atoms with Crippen LogP contribution in [0.15, 0.2) is 58.8 Å². The lowest BCUT2D eigenvalue weighted by Gasteiger charge is -2.08. The summed E-state index contributed by atoms with van der Waals surface area (Å²) in [4.78, 5) is 14.1. The van der Waals surface area contributed by atoms with Crippen LogP contribution in [-0.4, -0.2) is 5.91 Å². The predicted molar refractivity (Wildman–Crippen MR) is 110 cm³/mol. The van der Waals surface area contributed by atoms with E-state index in [1.807, 2.05) is 29.6 Å². The predicted octanol–water partition coefficient (Wildman–Crippen LogP) is 7.25. The van der Waals surface area contributed by atoms with Crippen molar-refractivity contribution in [1.82, 2.24) is 0 Å². The summed E-state index contributed by atoms with van der Waals surface area (Å²) in [6.45, 7) is 0. The molecular weight excluding hydrogens is 417 g/mol. The maximum atomic E-state index is 12.5. The standard InChI is InChI=1S/C18H12Cl3NOS2/c19-11-4-6-12(7-5-11)22-18(23)17-16(8-9-24-17)25-10-13-14(20)2-1-3-15(13)21/h1-9H,10H2,(H,22,23). The van der Waals surface area contributed by atoms with Gasteiger partial charge in [-0.2, -0.15) is 0 Å². The number of benzene rings is 2. The van der Waals surface area contributed by atoms with Crippen molar-refractivity contribution >= 4 is 69.5 Å². The minimum absolute atomic E-state index is 0.148. The molecule has 2 nitrogen and oxygen atoms in total. The van der Waals surface area contributed by atoms with Crippen LogP contribution in [0.4, 0.5) is 5.69 Å². The molecular formula is C18H12Cl3NOS2. The normalized spacial score (nSPS) is 10.7. The fraction of sp³-hybridized carbons (Fsp3) is 0.0556. The van der Waals surface area contributed by atoms with E-state index in [1.165, 1.54) is 23.1 Å². The number of hydrogen-bond acceptors (Lipinski definition) is 3. The second-order valence-corrected chi connectivity index (χ2v) is 8.25. The quantitative estimate of drug-likeness (QED) is 0.433. The minimum Gasteiger partial charge on any atom is -0.321 e. The Bertz CT molecular complexity index is 873. The van der Waals surface area contributed by atoms with E-state index in [9.17, 15) is 4.79 Å².